The number of nitrogens with zero attached hydrogens (tertiary/aromatic N) is 2. The quantitative estimate of drug-likeness (QED) is 0.750. The fourth-order valence-corrected chi connectivity index (χ4v) is 3.49. The number of hydrogen-bond acceptors (Lipinski definition) is 3. The molecule has 2 rings (SSSR count). The van der Waals surface area contributed by atoms with Crippen molar-refractivity contribution in [1.82, 2.24) is 9.80 Å². The van der Waals surface area contributed by atoms with Gasteiger partial charge in [-0.1, -0.05) is 13.3 Å². The van der Waals surface area contributed by atoms with Crippen LogP contribution in [0.15, 0.2) is 0 Å². The molecule has 0 aromatic carbocycles. The lowest BCUT2D eigenvalue weighted by atomic mass is 9.89. The molecule has 7 nitrogen and oxygen atoms in total. The molecule has 3 amide bonds. The largest absolute Gasteiger partial charge is 0.481 e. The van der Waals surface area contributed by atoms with Gasteiger partial charge in [0.2, 0.25) is 5.91 Å². The van der Waals surface area contributed by atoms with E-state index in [1.165, 1.54) is 4.90 Å². The summed E-state index contributed by atoms with van der Waals surface area (Å²) < 4.78 is 0. The van der Waals surface area contributed by atoms with E-state index in [9.17, 15) is 19.5 Å². The second kappa shape index (κ2) is 6.32. The molecule has 21 heavy (non-hydrogen) atoms. The summed E-state index contributed by atoms with van der Waals surface area (Å²) in [6, 6.07) is -0.490. The van der Waals surface area contributed by atoms with E-state index in [0.717, 1.165) is 25.7 Å². The number of unbranched alkanes of at least 4 members (excludes halogenated alkanes) is 1. The van der Waals surface area contributed by atoms with Gasteiger partial charge in [0.05, 0.1) is 5.92 Å². The number of carbonyl (C=O) groups excluding carboxylic acids is 2. The highest BCUT2D eigenvalue weighted by Crippen LogP contribution is 2.42. The van der Waals surface area contributed by atoms with E-state index in [4.69, 9.17) is 5.73 Å². The summed E-state index contributed by atoms with van der Waals surface area (Å²) in [7, 11) is 0. The zero-order valence-electron chi connectivity index (χ0n) is 12.3. The number of carboxylic acid groups (broad SMARTS) is 1. The number of urea groups is 1. The number of aliphatic carboxylic acids is 1. The highest BCUT2D eigenvalue weighted by Gasteiger charge is 2.52. The molecule has 0 aromatic rings. The van der Waals surface area contributed by atoms with Gasteiger partial charge in [0.15, 0.2) is 0 Å². The molecule has 3 N–H and O–H groups in total. The van der Waals surface area contributed by atoms with Crippen LogP contribution in [0.4, 0.5) is 4.79 Å². The van der Waals surface area contributed by atoms with Crippen molar-refractivity contribution in [3.05, 3.63) is 0 Å². The van der Waals surface area contributed by atoms with E-state index in [1.807, 2.05) is 6.92 Å². The molecule has 0 aliphatic carbocycles. The summed E-state index contributed by atoms with van der Waals surface area (Å²) >= 11 is 0. The average Bonchev–Trinajstić information content (AvgIpc) is 2.99. The summed E-state index contributed by atoms with van der Waals surface area (Å²) in [6.07, 6.45) is 3.80. The number of nitrogens with two attached hydrogens (primary N) is 1. The molecule has 3 unspecified atom stereocenters. The van der Waals surface area contributed by atoms with Crippen molar-refractivity contribution in [3.63, 3.8) is 0 Å². The van der Waals surface area contributed by atoms with E-state index in [1.54, 1.807) is 4.90 Å². The van der Waals surface area contributed by atoms with E-state index < -0.39 is 17.8 Å². The van der Waals surface area contributed by atoms with Crippen LogP contribution in [0.2, 0.25) is 0 Å². The van der Waals surface area contributed by atoms with Crippen molar-refractivity contribution in [3.8, 4) is 0 Å². The predicted octanol–water partition coefficient (Wildman–Crippen LogP) is 0.631. The smallest absolute Gasteiger partial charge is 0.321 e. The molecule has 2 saturated heterocycles. The second-order valence-electron chi connectivity index (χ2n) is 5.91. The first-order chi connectivity index (χ1) is 9.95. The Balaban J connectivity index is 2.09. The summed E-state index contributed by atoms with van der Waals surface area (Å²) in [5.74, 6) is -1.86. The van der Waals surface area contributed by atoms with Gasteiger partial charge in [-0.2, -0.15) is 0 Å². The molecular formula is C14H23N3O4. The van der Waals surface area contributed by atoms with Crippen LogP contribution in [0.25, 0.3) is 0 Å². The van der Waals surface area contributed by atoms with Gasteiger partial charge < -0.3 is 20.6 Å². The molecule has 118 valence electrons. The van der Waals surface area contributed by atoms with E-state index in [-0.39, 0.29) is 24.7 Å². The predicted molar refractivity (Wildman–Crippen MR) is 75.5 cm³/mol. The van der Waals surface area contributed by atoms with Crippen molar-refractivity contribution in [1.29, 1.82) is 0 Å². The minimum Gasteiger partial charge on any atom is -0.481 e. The highest BCUT2D eigenvalue weighted by molar-refractivity contribution is 5.84. The maximum atomic E-state index is 12.7. The fraction of sp³-hybridized carbons (Fsp3) is 0.786. The molecule has 2 bridgehead atoms. The van der Waals surface area contributed by atoms with Crippen LogP contribution >= 0.6 is 0 Å². The van der Waals surface area contributed by atoms with Gasteiger partial charge >= 0.3 is 12.0 Å². The fourth-order valence-electron chi connectivity index (χ4n) is 3.49. The van der Waals surface area contributed by atoms with E-state index in [2.05, 4.69) is 0 Å². The first kappa shape index (κ1) is 15.6. The van der Waals surface area contributed by atoms with Crippen LogP contribution < -0.4 is 5.73 Å². The monoisotopic (exact) mass is 297 g/mol. The maximum Gasteiger partial charge on any atom is 0.321 e. The van der Waals surface area contributed by atoms with Crippen LogP contribution in [0, 0.1) is 5.92 Å². The Bertz CT molecular complexity index is 440. The number of fused-ring (bicyclic) bond motifs is 2. The van der Waals surface area contributed by atoms with Gasteiger partial charge in [0.25, 0.3) is 0 Å². The van der Waals surface area contributed by atoms with Crippen LogP contribution in [0.1, 0.15) is 39.0 Å². The van der Waals surface area contributed by atoms with Crippen LogP contribution in [-0.2, 0) is 9.59 Å². The Morgan fingerprint density at radius 2 is 2.05 bits per heavy atom. The second-order valence-corrected chi connectivity index (χ2v) is 5.91. The first-order valence-electron chi connectivity index (χ1n) is 7.54. The summed E-state index contributed by atoms with van der Waals surface area (Å²) in [4.78, 5) is 38.2. The van der Waals surface area contributed by atoms with Crippen molar-refractivity contribution < 1.29 is 19.5 Å². The summed E-state index contributed by atoms with van der Waals surface area (Å²) in [6.45, 7) is 2.38. The van der Waals surface area contributed by atoms with Crippen LogP contribution in [0.3, 0.4) is 0 Å². The van der Waals surface area contributed by atoms with Crippen molar-refractivity contribution in [2.75, 3.05) is 13.1 Å². The standard InChI is InChI=1S/C14H23N3O4/c1-2-3-6-16(8-12(15)18)14(21)17-9-4-5-11(17)10(7-9)13(19)20/h9-11H,2-8H2,1H3,(H2,15,18)(H,19,20). The first-order valence-corrected chi connectivity index (χ1v) is 7.54. The van der Waals surface area contributed by atoms with E-state index in [0.29, 0.717) is 13.0 Å². The number of primary amides is 1. The number of amides is 3. The molecule has 0 radical (unpaired) electrons. The lowest BCUT2D eigenvalue weighted by molar-refractivity contribution is -0.142. The molecule has 0 saturated carbocycles. The molecule has 7 heteroatoms. The number of hydrogen-bond donors (Lipinski definition) is 2. The molecular weight excluding hydrogens is 274 g/mol. The van der Waals surface area contributed by atoms with E-state index >= 15 is 0 Å². The van der Waals surface area contributed by atoms with Gasteiger partial charge in [-0.15, -0.1) is 0 Å². The molecule has 3 atom stereocenters. The summed E-state index contributed by atoms with van der Waals surface area (Å²) in [5.41, 5.74) is 5.22. The average molecular weight is 297 g/mol. The molecule has 0 spiro atoms. The number of carbonyl (C=O) groups is 3. The Morgan fingerprint density at radius 3 is 2.57 bits per heavy atom. The van der Waals surface area contributed by atoms with Crippen molar-refractivity contribution >= 4 is 17.9 Å². The zero-order chi connectivity index (χ0) is 15.6. The molecule has 2 aliphatic heterocycles. The molecule has 2 fully saturated rings. The maximum absolute atomic E-state index is 12.7. The third kappa shape index (κ3) is 3.11. The minimum absolute atomic E-state index is 0.0133. The van der Waals surface area contributed by atoms with Gasteiger partial charge in [-0.05, 0) is 25.7 Å². The van der Waals surface area contributed by atoms with Crippen molar-refractivity contribution in [2.24, 2.45) is 11.7 Å². The normalized spacial score (nSPS) is 26.9. The van der Waals surface area contributed by atoms with Crippen LogP contribution in [0.5, 0.6) is 0 Å². The molecule has 2 aliphatic rings. The third-order valence-electron chi connectivity index (χ3n) is 4.47. The van der Waals surface area contributed by atoms with Crippen LogP contribution in [-0.4, -0.2) is 58.0 Å². The highest BCUT2D eigenvalue weighted by atomic mass is 16.4. The Morgan fingerprint density at radius 1 is 1.33 bits per heavy atom. The van der Waals surface area contributed by atoms with Gasteiger partial charge in [0, 0.05) is 18.6 Å². The van der Waals surface area contributed by atoms with Gasteiger partial charge in [-0.25, -0.2) is 4.79 Å². The minimum atomic E-state index is -0.838. The number of carboxylic acids is 1. The lowest BCUT2D eigenvalue weighted by Gasteiger charge is -2.30. The number of rotatable bonds is 6. The SMILES string of the molecule is CCCCN(CC(N)=O)C(=O)N1C2CCC1C(C(=O)O)C2. The molecule has 0 aromatic heterocycles. The summed E-state index contributed by atoms with van der Waals surface area (Å²) in [5, 5.41) is 9.23. The Kier molecular flexibility index (Phi) is 4.69. The Labute approximate surface area is 124 Å². The zero-order valence-corrected chi connectivity index (χ0v) is 12.3. The Hall–Kier alpha value is -1.79. The topological polar surface area (TPSA) is 104 Å². The van der Waals surface area contributed by atoms with Crippen molar-refractivity contribution in [2.45, 2.75) is 51.1 Å². The third-order valence-corrected chi connectivity index (χ3v) is 4.47. The molecule has 2 heterocycles. The lowest BCUT2D eigenvalue weighted by Crippen LogP contribution is -2.49. The van der Waals surface area contributed by atoms with Gasteiger partial charge in [-0.3, -0.25) is 9.59 Å². The van der Waals surface area contributed by atoms with Gasteiger partial charge in [0.1, 0.15) is 6.54 Å².